The minimum atomic E-state index is -0.268. The first kappa shape index (κ1) is 15.7. The summed E-state index contributed by atoms with van der Waals surface area (Å²) in [5.74, 6) is 0.679. The molecule has 0 aliphatic carbocycles. The topological polar surface area (TPSA) is 73.1 Å². The molecule has 0 bridgehead atoms. The lowest BCUT2D eigenvalue weighted by atomic mass is 10.1. The SMILES string of the molecule is CCn1cnnc1C1CN(C(=O)c2nccc3ccccc23)CCO1. The van der Waals surface area contributed by atoms with Gasteiger partial charge in [-0.1, -0.05) is 24.3 Å². The molecule has 3 heterocycles. The number of fused-ring (bicyclic) bond motifs is 1. The lowest BCUT2D eigenvalue weighted by Gasteiger charge is -2.32. The number of carbonyl (C=O) groups is 1. The van der Waals surface area contributed by atoms with Crippen molar-refractivity contribution in [2.45, 2.75) is 19.6 Å². The second-order valence-corrected chi connectivity index (χ2v) is 5.97. The second kappa shape index (κ2) is 6.60. The van der Waals surface area contributed by atoms with Crippen LogP contribution >= 0.6 is 0 Å². The van der Waals surface area contributed by atoms with Gasteiger partial charge in [0.2, 0.25) is 0 Å². The van der Waals surface area contributed by atoms with Gasteiger partial charge in [0.05, 0.1) is 13.2 Å². The predicted molar refractivity (Wildman–Crippen MR) is 92.0 cm³/mol. The fraction of sp³-hybridized carbons (Fsp3) is 0.333. The zero-order chi connectivity index (χ0) is 17.2. The van der Waals surface area contributed by atoms with E-state index >= 15 is 0 Å². The first-order chi connectivity index (χ1) is 12.3. The zero-order valence-electron chi connectivity index (χ0n) is 14.0. The lowest BCUT2D eigenvalue weighted by Crippen LogP contribution is -2.43. The monoisotopic (exact) mass is 337 g/mol. The molecular formula is C18H19N5O2. The van der Waals surface area contributed by atoms with E-state index in [0.717, 1.165) is 23.1 Å². The molecule has 1 atom stereocenters. The van der Waals surface area contributed by atoms with Crippen LogP contribution in [0.25, 0.3) is 10.8 Å². The highest BCUT2D eigenvalue weighted by molar-refractivity contribution is 6.05. The molecule has 0 radical (unpaired) electrons. The van der Waals surface area contributed by atoms with Gasteiger partial charge in [-0.3, -0.25) is 9.78 Å². The molecule has 0 saturated carbocycles. The molecule has 7 heteroatoms. The van der Waals surface area contributed by atoms with E-state index in [1.165, 1.54) is 0 Å². The lowest BCUT2D eigenvalue weighted by molar-refractivity contribution is -0.0285. The Morgan fingerprint density at radius 2 is 2.20 bits per heavy atom. The van der Waals surface area contributed by atoms with Crippen molar-refractivity contribution in [3.8, 4) is 0 Å². The number of carbonyl (C=O) groups excluding carboxylic acids is 1. The third kappa shape index (κ3) is 2.87. The highest BCUT2D eigenvalue weighted by Crippen LogP contribution is 2.23. The first-order valence-corrected chi connectivity index (χ1v) is 8.40. The summed E-state index contributed by atoms with van der Waals surface area (Å²) in [6.07, 6.45) is 3.10. The molecule has 1 aliphatic heterocycles. The van der Waals surface area contributed by atoms with Gasteiger partial charge < -0.3 is 14.2 Å². The smallest absolute Gasteiger partial charge is 0.273 e. The third-order valence-electron chi connectivity index (χ3n) is 4.50. The van der Waals surface area contributed by atoms with Crippen LogP contribution < -0.4 is 0 Å². The maximum absolute atomic E-state index is 13.0. The largest absolute Gasteiger partial charge is 0.366 e. The van der Waals surface area contributed by atoms with Crippen LogP contribution in [0.15, 0.2) is 42.9 Å². The summed E-state index contributed by atoms with van der Waals surface area (Å²) in [6, 6.07) is 9.71. The number of aryl methyl sites for hydroxylation is 1. The molecule has 1 unspecified atom stereocenters. The molecule has 2 aromatic heterocycles. The summed E-state index contributed by atoms with van der Waals surface area (Å²) in [5.41, 5.74) is 0.482. The Hall–Kier alpha value is -2.80. The van der Waals surface area contributed by atoms with E-state index in [1.807, 2.05) is 41.8 Å². The Morgan fingerprint density at radius 1 is 1.32 bits per heavy atom. The summed E-state index contributed by atoms with van der Waals surface area (Å²) in [7, 11) is 0. The van der Waals surface area contributed by atoms with E-state index < -0.39 is 0 Å². The van der Waals surface area contributed by atoms with Crippen molar-refractivity contribution in [2.75, 3.05) is 19.7 Å². The molecule has 128 valence electrons. The molecule has 0 N–H and O–H groups in total. The van der Waals surface area contributed by atoms with Gasteiger partial charge in [-0.25, -0.2) is 0 Å². The van der Waals surface area contributed by atoms with E-state index in [4.69, 9.17) is 4.74 Å². The average Bonchev–Trinajstić information content (AvgIpc) is 3.16. The van der Waals surface area contributed by atoms with E-state index in [2.05, 4.69) is 15.2 Å². The quantitative estimate of drug-likeness (QED) is 0.731. The number of pyridine rings is 1. The molecule has 0 spiro atoms. The molecule has 1 amide bonds. The minimum Gasteiger partial charge on any atom is -0.366 e. The highest BCUT2D eigenvalue weighted by Gasteiger charge is 2.30. The van der Waals surface area contributed by atoms with Crippen LogP contribution in [-0.4, -0.2) is 50.3 Å². The van der Waals surface area contributed by atoms with Gasteiger partial charge in [0.1, 0.15) is 18.1 Å². The summed E-state index contributed by atoms with van der Waals surface area (Å²) in [6.45, 7) is 4.25. The Kier molecular flexibility index (Phi) is 4.15. The number of hydrogen-bond acceptors (Lipinski definition) is 5. The molecular weight excluding hydrogens is 318 g/mol. The van der Waals surface area contributed by atoms with E-state index in [9.17, 15) is 4.79 Å². The normalized spacial score (nSPS) is 17.8. The minimum absolute atomic E-state index is 0.0762. The van der Waals surface area contributed by atoms with Crippen molar-refractivity contribution in [3.63, 3.8) is 0 Å². The van der Waals surface area contributed by atoms with Crippen molar-refractivity contribution in [3.05, 3.63) is 54.4 Å². The number of hydrogen-bond donors (Lipinski definition) is 0. The second-order valence-electron chi connectivity index (χ2n) is 5.97. The van der Waals surface area contributed by atoms with Crippen LogP contribution in [0.2, 0.25) is 0 Å². The van der Waals surface area contributed by atoms with Crippen LogP contribution in [0.4, 0.5) is 0 Å². The summed E-state index contributed by atoms with van der Waals surface area (Å²) in [5, 5.41) is 10.00. The molecule has 4 rings (SSSR count). The molecule has 7 nitrogen and oxygen atoms in total. The van der Waals surface area contributed by atoms with Gasteiger partial charge in [-0.2, -0.15) is 0 Å². The highest BCUT2D eigenvalue weighted by atomic mass is 16.5. The third-order valence-corrected chi connectivity index (χ3v) is 4.50. The van der Waals surface area contributed by atoms with Gasteiger partial charge in [0.25, 0.3) is 5.91 Å². The van der Waals surface area contributed by atoms with Crippen molar-refractivity contribution in [1.29, 1.82) is 0 Å². The number of rotatable bonds is 3. The Labute approximate surface area is 145 Å². The maximum Gasteiger partial charge on any atom is 0.273 e. The molecule has 1 saturated heterocycles. The first-order valence-electron chi connectivity index (χ1n) is 8.40. The Morgan fingerprint density at radius 3 is 3.08 bits per heavy atom. The number of amides is 1. The van der Waals surface area contributed by atoms with Crippen molar-refractivity contribution < 1.29 is 9.53 Å². The van der Waals surface area contributed by atoms with Crippen LogP contribution in [-0.2, 0) is 11.3 Å². The van der Waals surface area contributed by atoms with Gasteiger partial charge >= 0.3 is 0 Å². The van der Waals surface area contributed by atoms with Crippen molar-refractivity contribution >= 4 is 16.7 Å². The van der Waals surface area contributed by atoms with E-state index in [1.54, 1.807) is 17.4 Å². The van der Waals surface area contributed by atoms with Crippen LogP contribution in [0.3, 0.4) is 0 Å². The number of aromatic nitrogens is 4. The Balaban J connectivity index is 1.62. The average molecular weight is 337 g/mol. The van der Waals surface area contributed by atoms with Crippen molar-refractivity contribution in [2.24, 2.45) is 0 Å². The number of ether oxygens (including phenoxy) is 1. The van der Waals surface area contributed by atoms with Crippen molar-refractivity contribution in [1.82, 2.24) is 24.6 Å². The summed E-state index contributed by atoms with van der Waals surface area (Å²) < 4.78 is 7.77. The zero-order valence-corrected chi connectivity index (χ0v) is 14.0. The van der Waals surface area contributed by atoms with Crippen LogP contribution in [0.5, 0.6) is 0 Å². The van der Waals surface area contributed by atoms with Gasteiger partial charge in [0.15, 0.2) is 5.82 Å². The molecule has 25 heavy (non-hydrogen) atoms. The van der Waals surface area contributed by atoms with E-state index in [-0.39, 0.29) is 12.0 Å². The number of morpholine rings is 1. The number of nitrogens with zero attached hydrogens (tertiary/aromatic N) is 5. The fourth-order valence-electron chi connectivity index (χ4n) is 3.19. The molecule has 1 aliphatic rings. The van der Waals surface area contributed by atoms with Gasteiger partial charge in [0, 0.05) is 24.7 Å². The molecule has 1 aromatic carbocycles. The fourth-order valence-corrected chi connectivity index (χ4v) is 3.19. The molecule has 3 aromatic rings. The van der Waals surface area contributed by atoms with Gasteiger partial charge in [-0.15, -0.1) is 10.2 Å². The maximum atomic E-state index is 13.0. The summed E-state index contributed by atoms with van der Waals surface area (Å²) in [4.78, 5) is 19.2. The summed E-state index contributed by atoms with van der Waals surface area (Å²) >= 11 is 0. The number of benzene rings is 1. The van der Waals surface area contributed by atoms with E-state index in [0.29, 0.717) is 25.4 Å². The van der Waals surface area contributed by atoms with Crippen LogP contribution in [0.1, 0.15) is 29.3 Å². The standard InChI is InChI=1S/C18H19N5O2/c1-2-22-12-20-21-17(22)15-11-23(9-10-25-15)18(24)16-14-6-4-3-5-13(14)7-8-19-16/h3-8,12,15H,2,9-11H2,1H3. The predicted octanol–water partition coefficient (Wildman–Crippen LogP) is 2.06. The molecule has 1 fully saturated rings. The Bertz CT molecular complexity index is 902. The van der Waals surface area contributed by atoms with Gasteiger partial charge in [-0.05, 0) is 18.4 Å². The van der Waals surface area contributed by atoms with Crippen LogP contribution in [0, 0.1) is 0 Å².